The van der Waals surface area contributed by atoms with E-state index in [1.54, 1.807) is 50.4 Å². The van der Waals surface area contributed by atoms with Crippen LogP contribution in [0.3, 0.4) is 0 Å². The minimum absolute atomic E-state index is 0.00831. The smallest absolute Gasteiger partial charge is 0.270 e. The fourth-order valence-electron chi connectivity index (χ4n) is 7.48. The molecule has 0 aliphatic heterocycles. The molecule has 0 radical (unpaired) electrons. The number of hydrogen-bond acceptors (Lipinski definition) is 7. The molecule has 0 bridgehead atoms. The van der Waals surface area contributed by atoms with Crippen LogP contribution in [0.1, 0.15) is 95.6 Å². The third-order valence-corrected chi connectivity index (χ3v) is 10.2. The van der Waals surface area contributed by atoms with E-state index in [2.05, 4.69) is 24.1 Å². The van der Waals surface area contributed by atoms with Crippen molar-refractivity contribution in [3.05, 3.63) is 113 Å². The van der Waals surface area contributed by atoms with Crippen LogP contribution in [0.4, 0.5) is 5.95 Å². The lowest BCUT2D eigenvalue weighted by Gasteiger charge is -2.18. The summed E-state index contributed by atoms with van der Waals surface area (Å²) >= 11 is 5.92. The Morgan fingerprint density at radius 3 is 1.55 bits per heavy atom. The van der Waals surface area contributed by atoms with Gasteiger partial charge in [0.15, 0.2) is 0 Å². The number of rotatable bonds is 7. The molecule has 0 atom stereocenters. The Bertz CT molecular complexity index is 2230. The Labute approximate surface area is 314 Å². The summed E-state index contributed by atoms with van der Waals surface area (Å²) in [4.78, 5) is 51.2. The number of amides is 2. The van der Waals surface area contributed by atoms with Crippen LogP contribution in [0.2, 0.25) is 5.28 Å². The summed E-state index contributed by atoms with van der Waals surface area (Å²) in [5.41, 5.74) is 5.71. The van der Waals surface area contributed by atoms with E-state index >= 15 is 0 Å². The predicted molar refractivity (Wildman–Crippen MR) is 209 cm³/mol. The number of aliphatic imine (C=N–C) groups is 1. The maximum absolute atomic E-state index is 13.0. The van der Waals surface area contributed by atoms with Gasteiger partial charge in [0.2, 0.25) is 5.28 Å². The quantitative estimate of drug-likeness (QED) is 0.121. The lowest BCUT2D eigenvalue weighted by atomic mass is 10.0. The Balaban J connectivity index is 0.000000186. The van der Waals surface area contributed by atoms with Gasteiger partial charge >= 0.3 is 0 Å². The molecule has 4 aromatic heterocycles. The number of benzene rings is 2. The van der Waals surface area contributed by atoms with E-state index in [4.69, 9.17) is 21.6 Å². The third-order valence-electron chi connectivity index (χ3n) is 10.0. The second-order valence-electron chi connectivity index (χ2n) is 14.1. The standard InChI is InChI=1S/C27H27N5O.C14H17ClN4O/c1-31(2)26(33)23-17-21-18-28-27(30-25(21)32(23)22-15-9-10-16-22)29-24(19-11-5-3-6-12-19)20-13-7-4-8-14-20;1-18(2)13(20)11-7-9-8-16-14(15)17-12(9)19(11)10-5-3-4-6-10/h3-8,11-14,17-18,22H,9-10,15-16H2,1-2H3;7-8,10H,3-6H2,1-2H3. The maximum Gasteiger partial charge on any atom is 0.270 e. The molecule has 0 N–H and O–H groups in total. The second kappa shape index (κ2) is 15.7. The van der Waals surface area contributed by atoms with E-state index in [1.807, 2.05) is 72.8 Å². The van der Waals surface area contributed by atoms with Gasteiger partial charge < -0.3 is 18.9 Å². The monoisotopic (exact) mass is 729 g/mol. The Morgan fingerprint density at radius 2 is 1.09 bits per heavy atom. The molecule has 53 heavy (non-hydrogen) atoms. The maximum atomic E-state index is 13.0. The van der Waals surface area contributed by atoms with E-state index in [1.165, 1.54) is 25.7 Å². The molecule has 272 valence electrons. The van der Waals surface area contributed by atoms with E-state index in [9.17, 15) is 9.59 Å². The molecule has 2 amide bonds. The zero-order valence-electron chi connectivity index (χ0n) is 30.6. The Kier molecular flexibility index (Phi) is 10.6. The Hall–Kier alpha value is -5.42. The van der Waals surface area contributed by atoms with Gasteiger partial charge in [-0.25, -0.2) is 15.0 Å². The normalized spacial score (nSPS) is 14.7. The van der Waals surface area contributed by atoms with Gasteiger partial charge in [0.1, 0.15) is 22.7 Å². The lowest BCUT2D eigenvalue weighted by molar-refractivity contribution is 0.0808. The highest BCUT2D eigenvalue weighted by Crippen LogP contribution is 2.36. The number of fused-ring (bicyclic) bond motifs is 2. The third kappa shape index (κ3) is 7.57. The first-order chi connectivity index (χ1) is 25.7. The van der Waals surface area contributed by atoms with Crippen molar-refractivity contribution in [1.82, 2.24) is 38.9 Å². The van der Waals surface area contributed by atoms with Gasteiger partial charge in [-0.3, -0.25) is 9.59 Å². The molecule has 2 fully saturated rings. The van der Waals surface area contributed by atoms with Crippen molar-refractivity contribution in [3.8, 4) is 0 Å². The zero-order valence-corrected chi connectivity index (χ0v) is 31.4. The summed E-state index contributed by atoms with van der Waals surface area (Å²) in [6.07, 6.45) is 12.5. The number of hydrogen-bond donors (Lipinski definition) is 0. The number of carbonyl (C=O) groups excluding carboxylic acids is 2. The molecule has 0 unspecified atom stereocenters. The van der Waals surface area contributed by atoms with Crippen LogP contribution in [0, 0.1) is 0 Å². The summed E-state index contributed by atoms with van der Waals surface area (Å²) in [7, 11) is 7.09. The first-order valence-electron chi connectivity index (χ1n) is 18.2. The van der Waals surface area contributed by atoms with Gasteiger partial charge in [-0.15, -0.1) is 0 Å². The van der Waals surface area contributed by atoms with Crippen LogP contribution in [0.25, 0.3) is 22.1 Å². The van der Waals surface area contributed by atoms with Gasteiger partial charge in [-0.05, 0) is 49.4 Å². The van der Waals surface area contributed by atoms with Crippen molar-refractivity contribution < 1.29 is 9.59 Å². The van der Waals surface area contributed by atoms with Gasteiger partial charge in [0, 0.05) is 74.6 Å². The first kappa shape index (κ1) is 36.0. The lowest BCUT2D eigenvalue weighted by Crippen LogP contribution is -2.25. The van der Waals surface area contributed by atoms with E-state index in [-0.39, 0.29) is 23.1 Å². The first-order valence-corrected chi connectivity index (χ1v) is 18.6. The molecule has 2 aliphatic rings. The highest BCUT2D eigenvalue weighted by Gasteiger charge is 2.28. The topological polar surface area (TPSA) is 114 Å². The molecule has 4 heterocycles. The van der Waals surface area contributed by atoms with Crippen molar-refractivity contribution in [1.29, 1.82) is 0 Å². The molecule has 2 aromatic carbocycles. The number of nitrogens with zero attached hydrogens (tertiary/aromatic N) is 9. The number of halogens is 1. The average molecular weight is 730 g/mol. The fourth-order valence-corrected chi connectivity index (χ4v) is 7.61. The van der Waals surface area contributed by atoms with Crippen LogP contribution in [0.15, 0.2) is 90.2 Å². The van der Waals surface area contributed by atoms with Crippen molar-refractivity contribution in [2.75, 3.05) is 28.2 Å². The van der Waals surface area contributed by atoms with Crippen LogP contribution >= 0.6 is 11.6 Å². The van der Waals surface area contributed by atoms with Crippen LogP contribution in [-0.4, -0.2) is 84.6 Å². The van der Waals surface area contributed by atoms with Gasteiger partial charge in [-0.1, -0.05) is 86.3 Å². The number of carbonyl (C=O) groups is 2. The van der Waals surface area contributed by atoms with Gasteiger partial charge in [0.05, 0.1) is 5.71 Å². The molecular weight excluding hydrogens is 686 g/mol. The van der Waals surface area contributed by atoms with Crippen molar-refractivity contribution in [3.63, 3.8) is 0 Å². The molecule has 2 saturated carbocycles. The van der Waals surface area contributed by atoms with Crippen molar-refractivity contribution in [2.24, 2.45) is 4.99 Å². The van der Waals surface area contributed by atoms with E-state index in [0.29, 0.717) is 23.4 Å². The molecule has 2 aliphatic carbocycles. The summed E-state index contributed by atoms with van der Waals surface area (Å²) in [5, 5.41) is 1.96. The summed E-state index contributed by atoms with van der Waals surface area (Å²) in [5.74, 6) is 0.372. The molecule has 12 heteroatoms. The summed E-state index contributed by atoms with van der Waals surface area (Å²) in [6.45, 7) is 0. The zero-order chi connectivity index (χ0) is 37.1. The highest BCUT2D eigenvalue weighted by molar-refractivity contribution is 6.28. The second-order valence-corrected chi connectivity index (χ2v) is 14.5. The van der Waals surface area contributed by atoms with Crippen molar-refractivity contribution >= 4 is 57.1 Å². The highest BCUT2D eigenvalue weighted by atomic mass is 35.5. The molecular formula is C41H44ClN9O2. The average Bonchev–Trinajstić information content (AvgIpc) is 4.00. The Morgan fingerprint density at radius 1 is 0.660 bits per heavy atom. The molecule has 8 rings (SSSR count). The summed E-state index contributed by atoms with van der Waals surface area (Å²) < 4.78 is 4.17. The van der Waals surface area contributed by atoms with E-state index in [0.717, 1.165) is 64.6 Å². The van der Waals surface area contributed by atoms with Crippen LogP contribution in [-0.2, 0) is 0 Å². The molecule has 11 nitrogen and oxygen atoms in total. The van der Waals surface area contributed by atoms with Crippen LogP contribution < -0.4 is 0 Å². The minimum Gasteiger partial charge on any atom is -0.343 e. The molecule has 0 spiro atoms. The van der Waals surface area contributed by atoms with Gasteiger partial charge in [-0.2, -0.15) is 9.97 Å². The molecule has 6 aromatic rings. The van der Waals surface area contributed by atoms with Gasteiger partial charge in [0.25, 0.3) is 17.8 Å². The predicted octanol–water partition coefficient (Wildman–Crippen LogP) is 8.32. The fraction of sp³-hybridized carbons (Fsp3) is 0.341. The van der Waals surface area contributed by atoms with Crippen molar-refractivity contribution in [2.45, 2.75) is 63.5 Å². The van der Waals surface area contributed by atoms with E-state index < -0.39 is 0 Å². The SMILES string of the molecule is CN(C)C(=O)c1cc2cnc(Cl)nc2n1C1CCCC1.CN(C)C(=O)c1cc2cnc(N=C(c3ccccc3)c3ccccc3)nc2n1C1CCCC1. The number of aromatic nitrogens is 6. The largest absolute Gasteiger partial charge is 0.343 e. The molecule has 0 saturated heterocycles. The minimum atomic E-state index is -0.0146. The van der Waals surface area contributed by atoms with Crippen LogP contribution in [0.5, 0.6) is 0 Å². The summed E-state index contributed by atoms with van der Waals surface area (Å²) in [6, 6.07) is 24.5.